The minimum absolute atomic E-state index is 0.0522. The summed E-state index contributed by atoms with van der Waals surface area (Å²) in [4.78, 5) is 55.1. The third-order valence-electron chi connectivity index (χ3n) is 10.7. The molecule has 1 unspecified atom stereocenters. The molecular formula is C48H56ClN2O10P. The maximum Gasteiger partial charge on any atom is 0.347 e. The number of esters is 2. The Morgan fingerprint density at radius 2 is 1.47 bits per heavy atom. The molecule has 5 rings (SSSR count). The number of aliphatic hydroxyl groups is 1. The number of methoxy groups -OCH3 is 1. The van der Waals surface area contributed by atoms with Crippen molar-refractivity contribution in [3.63, 3.8) is 0 Å². The third kappa shape index (κ3) is 12.4. The average molecular weight is 887 g/mol. The van der Waals surface area contributed by atoms with E-state index in [1.165, 1.54) is 19.3 Å². The SMILES string of the molecule is COc1ccc(CC2NC(=O)/C=C/C[C@@H]([C@H](C)[C@@H](O)[C@@H](OP(=O)(c3ccccc3)c3ccccc3)c3ccccc3)OC(=O)[C@H](CC(C)C)OC(=O)C(C)(C)CNC2=O)cc1Cl. The van der Waals surface area contributed by atoms with Gasteiger partial charge in [-0.3, -0.25) is 18.9 Å². The molecule has 0 fully saturated rings. The van der Waals surface area contributed by atoms with E-state index in [0.29, 0.717) is 32.5 Å². The molecule has 6 atom stereocenters. The van der Waals surface area contributed by atoms with Gasteiger partial charge in [0.2, 0.25) is 11.8 Å². The number of hydrogen-bond donors (Lipinski definition) is 3. The van der Waals surface area contributed by atoms with Crippen molar-refractivity contribution in [3.8, 4) is 5.75 Å². The van der Waals surface area contributed by atoms with Crippen LogP contribution in [0.15, 0.2) is 121 Å². The smallest absolute Gasteiger partial charge is 0.347 e. The zero-order valence-electron chi connectivity index (χ0n) is 35.9. The van der Waals surface area contributed by atoms with E-state index in [1.807, 2.05) is 19.9 Å². The van der Waals surface area contributed by atoms with Gasteiger partial charge in [0.25, 0.3) is 7.37 Å². The zero-order chi connectivity index (χ0) is 45.0. The van der Waals surface area contributed by atoms with Crippen molar-refractivity contribution in [1.82, 2.24) is 10.6 Å². The van der Waals surface area contributed by atoms with Gasteiger partial charge in [-0.2, -0.15) is 0 Å². The number of aliphatic hydroxyl groups excluding tert-OH is 1. The molecule has 12 nitrogen and oxygen atoms in total. The fraction of sp³-hybridized carbons (Fsp3) is 0.375. The molecule has 1 aliphatic rings. The van der Waals surface area contributed by atoms with Crippen LogP contribution in [0.2, 0.25) is 5.02 Å². The number of hydrogen-bond acceptors (Lipinski definition) is 10. The van der Waals surface area contributed by atoms with Crippen LogP contribution in [0.5, 0.6) is 5.75 Å². The van der Waals surface area contributed by atoms with Crippen molar-refractivity contribution < 1.29 is 47.6 Å². The van der Waals surface area contributed by atoms with Gasteiger partial charge in [0.15, 0.2) is 6.10 Å². The number of carbonyl (C=O) groups excluding carboxylic acids is 4. The highest BCUT2D eigenvalue weighted by Crippen LogP contribution is 2.50. The predicted octanol–water partition coefficient (Wildman–Crippen LogP) is 7.03. The van der Waals surface area contributed by atoms with Crippen LogP contribution in [-0.2, 0) is 44.2 Å². The van der Waals surface area contributed by atoms with Crippen LogP contribution in [0.4, 0.5) is 0 Å². The maximum atomic E-state index is 15.2. The summed E-state index contributed by atoms with van der Waals surface area (Å²) in [7, 11) is -2.40. The van der Waals surface area contributed by atoms with E-state index in [4.69, 9.17) is 30.3 Å². The second-order valence-corrected chi connectivity index (χ2v) is 19.2. The molecule has 3 N–H and O–H groups in total. The van der Waals surface area contributed by atoms with Crippen molar-refractivity contribution in [2.45, 2.75) is 84.3 Å². The molecule has 0 spiro atoms. The molecule has 0 saturated carbocycles. The minimum Gasteiger partial charge on any atom is -0.495 e. The van der Waals surface area contributed by atoms with Crippen LogP contribution in [0.3, 0.4) is 0 Å². The van der Waals surface area contributed by atoms with Crippen LogP contribution < -0.4 is 26.0 Å². The van der Waals surface area contributed by atoms with Gasteiger partial charge < -0.3 is 34.5 Å². The van der Waals surface area contributed by atoms with Crippen molar-refractivity contribution in [2.24, 2.45) is 17.3 Å². The quantitative estimate of drug-likeness (QED) is 0.0938. The first-order valence-electron chi connectivity index (χ1n) is 20.6. The molecule has 14 heteroatoms. The van der Waals surface area contributed by atoms with Gasteiger partial charge >= 0.3 is 11.9 Å². The van der Waals surface area contributed by atoms with Crippen LogP contribution in [0.1, 0.15) is 64.7 Å². The summed E-state index contributed by atoms with van der Waals surface area (Å²) in [5, 5.41) is 19.1. The first-order valence-corrected chi connectivity index (χ1v) is 22.6. The van der Waals surface area contributed by atoms with E-state index < -0.39 is 72.9 Å². The van der Waals surface area contributed by atoms with Gasteiger partial charge in [0.1, 0.15) is 24.0 Å². The molecule has 62 heavy (non-hydrogen) atoms. The summed E-state index contributed by atoms with van der Waals surface area (Å²) in [5.74, 6) is -3.38. The molecule has 0 radical (unpaired) electrons. The Labute approximate surface area is 368 Å². The maximum absolute atomic E-state index is 15.2. The molecule has 1 heterocycles. The number of carbonyl (C=O) groups is 4. The second-order valence-electron chi connectivity index (χ2n) is 16.5. The molecule has 0 bridgehead atoms. The molecule has 4 aromatic rings. The van der Waals surface area contributed by atoms with E-state index in [9.17, 15) is 24.3 Å². The van der Waals surface area contributed by atoms with E-state index in [2.05, 4.69) is 10.6 Å². The topological polar surface area (TPSA) is 167 Å². The lowest BCUT2D eigenvalue weighted by molar-refractivity contribution is -0.181. The standard InChI is InChI=1S/C48H56ClN2O10P/c1-31(2)27-41-46(55)59-39(23-16-24-42(52)51-38(29-33-25-26-40(58-6)37(49)28-33)45(54)50-30-48(4,5)47(56)60-41)32(3)43(53)44(34-17-10-7-11-18-34)61-62(57,35-19-12-8-13-20-35)36-21-14-9-15-22-36/h7-22,24-26,28,31-32,38-39,41,43-44,53H,23,27,29-30H2,1-6H3,(H,50,54)(H,51,52)/b24-16+/t32-,38?,39-,41-,43+,44-/m0/s1. The molecule has 0 aliphatic carbocycles. The van der Waals surface area contributed by atoms with Crippen LogP contribution in [0.25, 0.3) is 0 Å². The van der Waals surface area contributed by atoms with Gasteiger partial charge in [-0.15, -0.1) is 0 Å². The molecule has 0 saturated heterocycles. The van der Waals surface area contributed by atoms with Crippen LogP contribution >= 0.6 is 19.0 Å². The Kier molecular flexibility index (Phi) is 16.7. The van der Waals surface area contributed by atoms with Gasteiger partial charge in [-0.1, -0.05) is 111 Å². The summed E-state index contributed by atoms with van der Waals surface area (Å²) in [6.45, 7) is 8.37. The highest BCUT2D eigenvalue weighted by molar-refractivity contribution is 7.74. The second kappa shape index (κ2) is 21.7. The highest BCUT2D eigenvalue weighted by Gasteiger charge is 2.42. The van der Waals surface area contributed by atoms with E-state index in [0.717, 1.165) is 0 Å². The fourth-order valence-electron chi connectivity index (χ4n) is 6.96. The van der Waals surface area contributed by atoms with Gasteiger partial charge in [0.05, 0.1) is 23.7 Å². The van der Waals surface area contributed by atoms with Gasteiger partial charge in [-0.05, 0) is 79.8 Å². The van der Waals surface area contributed by atoms with Gasteiger partial charge in [-0.25, -0.2) is 4.79 Å². The average Bonchev–Trinajstić information content (AvgIpc) is 3.26. The molecule has 2 amide bonds. The van der Waals surface area contributed by atoms with E-state index >= 15 is 4.57 Å². The first-order chi connectivity index (χ1) is 29.5. The molecule has 4 aromatic carbocycles. The van der Waals surface area contributed by atoms with Crippen molar-refractivity contribution in [1.29, 1.82) is 0 Å². The number of ether oxygens (including phenoxy) is 3. The number of cyclic esters (lactones) is 2. The summed E-state index contributed by atoms with van der Waals surface area (Å²) in [5.41, 5.74) is -0.155. The Morgan fingerprint density at radius 3 is 2.03 bits per heavy atom. The lowest BCUT2D eigenvalue weighted by atomic mass is 9.89. The Morgan fingerprint density at radius 1 is 0.871 bits per heavy atom. The Balaban J connectivity index is 1.53. The number of nitrogens with one attached hydrogen (secondary N) is 2. The Bertz CT molecular complexity index is 2180. The summed E-state index contributed by atoms with van der Waals surface area (Å²) < 4.78 is 39.2. The number of amides is 2. The van der Waals surface area contributed by atoms with Crippen LogP contribution in [0, 0.1) is 17.3 Å². The fourth-order valence-corrected chi connectivity index (χ4v) is 9.47. The van der Waals surface area contributed by atoms with E-state index in [1.54, 1.807) is 124 Å². The summed E-state index contributed by atoms with van der Waals surface area (Å²) in [6, 6.07) is 30.3. The number of benzene rings is 4. The highest BCUT2D eigenvalue weighted by atomic mass is 35.5. The molecule has 1 aliphatic heterocycles. The van der Waals surface area contributed by atoms with Crippen molar-refractivity contribution in [3.05, 3.63) is 137 Å². The van der Waals surface area contributed by atoms with Crippen molar-refractivity contribution >= 4 is 53.3 Å². The lowest BCUT2D eigenvalue weighted by Gasteiger charge is -2.35. The minimum atomic E-state index is -3.88. The lowest BCUT2D eigenvalue weighted by Crippen LogP contribution is -2.51. The third-order valence-corrected chi connectivity index (χ3v) is 13.4. The first kappa shape index (κ1) is 47.8. The predicted molar refractivity (Wildman–Crippen MR) is 239 cm³/mol. The molecular weight excluding hydrogens is 831 g/mol. The molecule has 0 aromatic heterocycles. The summed E-state index contributed by atoms with van der Waals surface area (Å²) >= 11 is 6.38. The number of rotatable bonds is 13. The molecule has 330 valence electrons. The zero-order valence-corrected chi connectivity index (χ0v) is 37.5. The van der Waals surface area contributed by atoms with Crippen LogP contribution in [-0.4, -0.2) is 66.9 Å². The van der Waals surface area contributed by atoms with Gasteiger partial charge in [0, 0.05) is 35.9 Å². The van der Waals surface area contributed by atoms with Crippen molar-refractivity contribution in [2.75, 3.05) is 13.7 Å². The number of halogens is 1. The Hall–Kier alpha value is -5.26. The largest absolute Gasteiger partial charge is 0.495 e. The summed E-state index contributed by atoms with van der Waals surface area (Å²) in [6.07, 6.45) is -2.33. The normalized spacial score (nSPS) is 21.1. The van der Waals surface area contributed by atoms with E-state index in [-0.39, 0.29) is 31.7 Å². The monoisotopic (exact) mass is 886 g/mol.